The highest BCUT2D eigenvalue weighted by atomic mass is 19.1. The number of pyridine rings is 1. The summed E-state index contributed by atoms with van der Waals surface area (Å²) >= 11 is 0. The van der Waals surface area contributed by atoms with Gasteiger partial charge in [-0.2, -0.15) is 0 Å². The molecule has 0 aliphatic carbocycles. The highest BCUT2D eigenvalue weighted by molar-refractivity contribution is 5.83. The molecule has 1 aliphatic heterocycles. The van der Waals surface area contributed by atoms with Crippen LogP contribution in [0.4, 0.5) is 25.3 Å². The van der Waals surface area contributed by atoms with Crippen molar-refractivity contribution in [3.05, 3.63) is 59.7 Å². The minimum Gasteiger partial charge on any atom is -0.444 e. The van der Waals surface area contributed by atoms with Gasteiger partial charge in [-0.1, -0.05) is 6.07 Å². The Balaban J connectivity index is 1.25. The maximum atomic E-state index is 15.0. The van der Waals surface area contributed by atoms with Crippen LogP contribution in [0.5, 0.6) is 0 Å². The number of nitrogens with one attached hydrogen (secondary N) is 1. The van der Waals surface area contributed by atoms with Crippen LogP contribution in [0.25, 0.3) is 22.3 Å². The van der Waals surface area contributed by atoms with Crippen LogP contribution < -0.4 is 5.32 Å². The second-order valence-corrected chi connectivity index (χ2v) is 12.1. The molecule has 0 radical (unpaired) electrons. The van der Waals surface area contributed by atoms with Gasteiger partial charge in [-0.25, -0.2) is 33.5 Å². The average molecular weight is 578 g/mol. The molecule has 0 atom stereocenters. The van der Waals surface area contributed by atoms with Crippen LogP contribution in [0.3, 0.4) is 0 Å². The number of hydrogen-bond acceptors (Lipinski definition) is 7. The molecule has 1 aliphatic rings. The minimum atomic E-state index is -0.660. The summed E-state index contributed by atoms with van der Waals surface area (Å²) in [6.07, 6.45) is 5.26. The van der Waals surface area contributed by atoms with Crippen molar-refractivity contribution in [2.45, 2.75) is 72.4 Å². The number of rotatable bonds is 6. The van der Waals surface area contributed by atoms with Crippen molar-refractivity contribution in [2.75, 3.05) is 18.4 Å². The molecule has 11 heteroatoms. The van der Waals surface area contributed by atoms with E-state index in [0.29, 0.717) is 41.7 Å². The molecule has 42 heavy (non-hydrogen) atoms. The molecule has 3 aromatic heterocycles. The van der Waals surface area contributed by atoms with Crippen LogP contribution in [0.2, 0.25) is 0 Å². The Bertz CT molecular complexity index is 1590. The van der Waals surface area contributed by atoms with Crippen LogP contribution in [0.15, 0.2) is 36.7 Å². The number of aromatic nitrogens is 5. The fourth-order valence-corrected chi connectivity index (χ4v) is 5.40. The van der Waals surface area contributed by atoms with Crippen LogP contribution >= 0.6 is 0 Å². The molecule has 4 heterocycles. The van der Waals surface area contributed by atoms with Crippen molar-refractivity contribution in [3.8, 4) is 11.3 Å². The predicted molar refractivity (Wildman–Crippen MR) is 158 cm³/mol. The van der Waals surface area contributed by atoms with E-state index < -0.39 is 17.2 Å². The van der Waals surface area contributed by atoms with Gasteiger partial charge in [-0.05, 0) is 90.5 Å². The monoisotopic (exact) mass is 577 g/mol. The van der Waals surface area contributed by atoms with E-state index in [4.69, 9.17) is 4.74 Å². The quantitative estimate of drug-likeness (QED) is 0.264. The summed E-state index contributed by atoms with van der Waals surface area (Å²) in [6.45, 7) is 12.8. The number of carbonyl (C=O) groups excluding carboxylic acids is 1. The molecule has 1 aromatic carbocycles. The zero-order valence-corrected chi connectivity index (χ0v) is 24.9. The number of benzene rings is 1. The van der Waals surface area contributed by atoms with Gasteiger partial charge in [-0.15, -0.1) is 0 Å². The van der Waals surface area contributed by atoms with E-state index >= 15 is 0 Å². The van der Waals surface area contributed by atoms with Crippen molar-refractivity contribution in [1.82, 2.24) is 29.4 Å². The molecule has 222 valence electrons. The molecule has 0 unspecified atom stereocenters. The molecular weight excluding hydrogens is 540 g/mol. The second-order valence-electron chi connectivity index (χ2n) is 12.1. The lowest BCUT2D eigenvalue weighted by atomic mass is 9.91. The first kappa shape index (κ1) is 29.3. The Labute approximate surface area is 244 Å². The molecule has 1 saturated heterocycles. The summed E-state index contributed by atoms with van der Waals surface area (Å²) < 4.78 is 37.3. The normalized spacial score (nSPS) is 14.5. The fourth-order valence-electron chi connectivity index (χ4n) is 5.40. The smallest absolute Gasteiger partial charge is 0.410 e. The summed E-state index contributed by atoms with van der Waals surface area (Å²) in [4.78, 5) is 31.4. The Hall–Kier alpha value is -4.15. The van der Waals surface area contributed by atoms with E-state index in [1.54, 1.807) is 17.2 Å². The molecular formula is C31H37F2N7O2. The lowest BCUT2D eigenvalue weighted by Crippen LogP contribution is -2.42. The summed E-state index contributed by atoms with van der Waals surface area (Å²) in [6, 6.07) is 6.82. The molecule has 1 N–H and O–H groups in total. The van der Waals surface area contributed by atoms with E-state index in [0.717, 1.165) is 31.0 Å². The van der Waals surface area contributed by atoms with Crippen LogP contribution in [-0.2, 0) is 11.2 Å². The van der Waals surface area contributed by atoms with Crippen molar-refractivity contribution in [3.63, 3.8) is 0 Å². The summed E-state index contributed by atoms with van der Waals surface area (Å²) in [5.41, 5.74) is 1.69. The van der Waals surface area contributed by atoms with E-state index in [2.05, 4.69) is 25.3 Å². The number of imidazole rings is 1. The van der Waals surface area contributed by atoms with Gasteiger partial charge in [-0.3, -0.25) is 0 Å². The lowest BCUT2D eigenvalue weighted by Gasteiger charge is -2.33. The fraction of sp³-hybridized carbons (Fsp3) is 0.452. The van der Waals surface area contributed by atoms with Crippen LogP contribution in [0.1, 0.15) is 64.9 Å². The van der Waals surface area contributed by atoms with Gasteiger partial charge in [0.15, 0.2) is 11.6 Å². The number of halogens is 2. The van der Waals surface area contributed by atoms with Gasteiger partial charge in [0, 0.05) is 30.9 Å². The number of fused-ring (bicyclic) bond motifs is 1. The summed E-state index contributed by atoms with van der Waals surface area (Å²) in [7, 11) is 0. The van der Waals surface area contributed by atoms with Crippen molar-refractivity contribution in [1.29, 1.82) is 0 Å². The Morgan fingerprint density at radius 3 is 2.45 bits per heavy atom. The number of amides is 1. The number of likely N-dealkylation sites (tertiary alicyclic amines) is 1. The van der Waals surface area contributed by atoms with Crippen molar-refractivity contribution in [2.24, 2.45) is 5.92 Å². The highest BCUT2D eigenvalue weighted by Gasteiger charge is 2.27. The van der Waals surface area contributed by atoms with Gasteiger partial charge in [0.25, 0.3) is 0 Å². The van der Waals surface area contributed by atoms with E-state index in [1.165, 1.54) is 6.07 Å². The summed E-state index contributed by atoms with van der Waals surface area (Å²) in [5, 5.41) is 3.03. The number of anilines is 2. The number of nitrogens with zero attached hydrogens (tertiary/aromatic N) is 6. The first-order valence-electron chi connectivity index (χ1n) is 14.3. The minimum absolute atomic E-state index is 0.0168. The number of hydrogen-bond donors (Lipinski definition) is 1. The van der Waals surface area contributed by atoms with Crippen molar-refractivity contribution < 1.29 is 18.3 Å². The second kappa shape index (κ2) is 11.6. The molecule has 1 amide bonds. The molecule has 0 bridgehead atoms. The average Bonchev–Trinajstić information content (AvgIpc) is 3.27. The standard InChI is InChI=1S/C31H37F2N7O2/c1-18(2)40-19(3)36-28-23(32)14-22(15-25(28)40)27-24(33)17-35-29(38-27)37-26-8-7-21(16-34-26)13-20-9-11-39(12-10-20)30(41)42-31(4,5)6/h7-8,14-18,20H,9-13H2,1-6H3,(H,34,35,37,38). The van der Waals surface area contributed by atoms with Crippen LogP contribution in [0, 0.1) is 24.5 Å². The highest BCUT2D eigenvalue weighted by Crippen LogP contribution is 2.30. The molecule has 5 rings (SSSR count). The van der Waals surface area contributed by atoms with Gasteiger partial charge >= 0.3 is 6.09 Å². The van der Waals surface area contributed by atoms with Gasteiger partial charge < -0.3 is 19.5 Å². The SMILES string of the molecule is Cc1nc2c(F)cc(-c3nc(Nc4ccc(CC5CCN(C(=O)OC(C)(C)C)CC5)cn4)ncc3F)cc2n1C(C)C. The number of aryl methyl sites for hydroxylation is 1. The third kappa shape index (κ3) is 6.50. The third-order valence-corrected chi connectivity index (χ3v) is 7.31. The molecule has 0 spiro atoms. The number of piperidine rings is 1. The lowest BCUT2D eigenvalue weighted by molar-refractivity contribution is 0.0184. The Morgan fingerprint density at radius 2 is 1.81 bits per heavy atom. The molecule has 9 nitrogen and oxygen atoms in total. The van der Waals surface area contributed by atoms with Crippen molar-refractivity contribution >= 4 is 28.9 Å². The van der Waals surface area contributed by atoms with Gasteiger partial charge in [0.2, 0.25) is 5.95 Å². The van der Waals surface area contributed by atoms with Gasteiger partial charge in [0.05, 0.1) is 11.7 Å². The molecule has 0 saturated carbocycles. The van der Waals surface area contributed by atoms with E-state index in [-0.39, 0.29) is 29.3 Å². The number of ether oxygens (including phenoxy) is 1. The maximum absolute atomic E-state index is 15.0. The van der Waals surface area contributed by atoms with E-state index in [1.807, 2.05) is 58.2 Å². The number of carbonyl (C=O) groups is 1. The van der Waals surface area contributed by atoms with Gasteiger partial charge in [0.1, 0.15) is 28.5 Å². The Morgan fingerprint density at radius 1 is 1.07 bits per heavy atom. The molecule has 4 aromatic rings. The van der Waals surface area contributed by atoms with E-state index in [9.17, 15) is 13.6 Å². The first-order chi connectivity index (χ1) is 19.9. The predicted octanol–water partition coefficient (Wildman–Crippen LogP) is 6.99. The third-order valence-electron chi connectivity index (χ3n) is 7.31. The molecule has 1 fully saturated rings. The first-order valence-corrected chi connectivity index (χ1v) is 14.3. The zero-order valence-electron chi connectivity index (χ0n) is 24.9. The zero-order chi connectivity index (χ0) is 30.2. The maximum Gasteiger partial charge on any atom is 0.410 e. The topological polar surface area (TPSA) is 98.1 Å². The Kier molecular flexibility index (Phi) is 8.12. The summed E-state index contributed by atoms with van der Waals surface area (Å²) in [5.74, 6) is 0.586. The largest absolute Gasteiger partial charge is 0.444 e. The van der Waals surface area contributed by atoms with Crippen LogP contribution in [-0.4, -0.2) is 54.2 Å².